The number of unbranched alkanes of at least 4 members (excludes halogenated alkanes) is 21. The second-order valence-corrected chi connectivity index (χ2v) is 18.7. The lowest BCUT2D eigenvalue weighted by atomic mass is 9.84. The molecule has 1 aliphatic carbocycles. The molecule has 63 heavy (non-hydrogen) atoms. The highest BCUT2D eigenvalue weighted by atomic mass is 31.2. The van der Waals surface area contributed by atoms with E-state index in [0.717, 1.165) is 51.4 Å². The molecule has 1 saturated carbocycles. The number of ether oxygens (including phenoxy) is 4. The fourth-order valence-corrected chi connectivity index (χ4v) is 8.79. The molecule has 13 unspecified atom stereocenters. The molecule has 0 radical (unpaired) electrons. The van der Waals surface area contributed by atoms with E-state index in [2.05, 4.69) is 13.8 Å². The number of phosphoric acid groups is 1. The van der Waals surface area contributed by atoms with E-state index in [0.29, 0.717) is 12.8 Å². The summed E-state index contributed by atoms with van der Waals surface area (Å²) < 4.78 is 45.3. The molecule has 2 aliphatic rings. The third kappa shape index (κ3) is 22.8. The average molecular weight is 931 g/mol. The summed E-state index contributed by atoms with van der Waals surface area (Å²) in [6.45, 7) is 2.20. The molecule has 372 valence electrons. The molecule has 0 aromatic rings. The van der Waals surface area contributed by atoms with Crippen molar-refractivity contribution in [3.63, 3.8) is 0 Å². The van der Waals surface area contributed by atoms with Crippen LogP contribution in [-0.2, 0) is 42.1 Å². The highest BCUT2D eigenvalue weighted by Gasteiger charge is 2.55. The maximum atomic E-state index is 13.4. The molecule has 1 heterocycles. The van der Waals surface area contributed by atoms with Gasteiger partial charge in [-0.1, -0.05) is 149 Å². The van der Waals surface area contributed by atoms with Gasteiger partial charge >= 0.3 is 19.8 Å². The fraction of sp³-hybridized carbons (Fsp3) is 0.955. The van der Waals surface area contributed by atoms with Crippen LogP contribution < -0.4 is 0 Å². The molecule has 0 spiro atoms. The van der Waals surface area contributed by atoms with Gasteiger partial charge in [0.2, 0.25) is 0 Å². The Morgan fingerprint density at radius 2 is 0.952 bits per heavy atom. The van der Waals surface area contributed by atoms with Gasteiger partial charge in [0, 0.05) is 12.8 Å². The summed E-state index contributed by atoms with van der Waals surface area (Å²) in [6.07, 6.45) is 2.09. The number of rotatable bonds is 36. The zero-order chi connectivity index (χ0) is 46.6. The molecule has 13 atom stereocenters. The molecule has 0 aromatic carbocycles. The first kappa shape index (κ1) is 57.8. The zero-order valence-electron chi connectivity index (χ0n) is 37.9. The normalized spacial score (nSPS) is 29.0. The van der Waals surface area contributed by atoms with Crippen LogP contribution in [0.2, 0.25) is 0 Å². The molecule has 18 nitrogen and oxygen atoms in total. The Morgan fingerprint density at radius 1 is 0.540 bits per heavy atom. The van der Waals surface area contributed by atoms with Crippen LogP contribution in [0.1, 0.15) is 174 Å². The Hall–Kier alpha value is -1.35. The van der Waals surface area contributed by atoms with E-state index in [1.54, 1.807) is 0 Å². The van der Waals surface area contributed by atoms with Gasteiger partial charge in [-0.15, -0.1) is 0 Å². The Kier molecular flexibility index (Phi) is 30.4. The van der Waals surface area contributed by atoms with Gasteiger partial charge in [0.05, 0.1) is 13.2 Å². The maximum Gasteiger partial charge on any atom is 0.472 e. The highest BCUT2D eigenvalue weighted by Crippen LogP contribution is 2.48. The predicted octanol–water partition coefficient (Wildman–Crippen LogP) is 4.38. The predicted molar refractivity (Wildman–Crippen MR) is 231 cm³/mol. The Labute approximate surface area is 374 Å². The molecule has 2 fully saturated rings. The van der Waals surface area contributed by atoms with Crippen molar-refractivity contribution in [1.82, 2.24) is 0 Å². The highest BCUT2D eigenvalue weighted by molar-refractivity contribution is 7.47. The molecular weight excluding hydrogens is 847 g/mol. The molecule has 0 amide bonds. The van der Waals surface area contributed by atoms with Crippen molar-refractivity contribution in [3.05, 3.63) is 0 Å². The first-order chi connectivity index (χ1) is 30.2. The van der Waals surface area contributed by atoms with Crippen LogP contribution in [0, 0.1) is 0 Å². The lowest BCUT2D eigenvalue weighted by molar-refractivity contribution is -0.338. The van der Waals surface area contributed by atoms with E-state index in [9.17, 15) is 59.9 Å². The molecule has 2 rings (SSSR count). The van der Waals surface area contributed by atoms with Crippen LogP contribution in [0.25, 0.3) is 0 Å². The van der Waals surface area contributed by atoms with E-state index in [4.69, 9.17) is 28.0 Å². The second kappa shape index (κ2) is 33.2. The van der Waals surface area contributed by atoms with Gasteiger partial charge in [0.15, 0.2) is 12.4 Å². The number of hydrogen-bond acceptors (Lipinski definition) is 17. The van der Waals surface area contributed by atoms with E-state index < -0.39 is 113 Å². The summed E-state index contributed by atoms with van der Waals surface area (Å²) in [5.41, 5.74) is 0. The average Bonchev–Trinajstić information content (AvgIpc) is 3.26. The van der Waals surface area contributed by atoms with Crippen molar-refractivity contribution in [1.29, 1.82) is 0 Å². The van der Waals surface area contributed by atoms with Gasteiger partial charge in [-0.05, 0) is 12.8 Å². The van der Waals surface area contributed by atoms with Gasteiger partial charge < -0.3 is 64.7 Å². The number of phosphoric ester groups is 1. The van der Waals surface area contributed by atoms with Gasteiger partial charge in [-0.3, -0.25) is 18.6 Å². The van der Waals surface area contributed by atoms with E-state index in [-0.39, 0.29) is 12.8 Å². The van der Waals surface area contributed by atoms with Crippen LogP contribution >= 0.6 is 7.82 Å². The molecular formula is C44H83O18P. The number of carbonyl (C=O) groups is 2. The topological polar surface area (TPSA) is 289 Å². The molecule has 0 bridgehead atoms. The number of aliphatic hydroxyl groups is 8. The van der Waals surface area contributed by atoms with E-state index >= 15 is 0 Å². The fourth-order valence-electron chi connectivity index (χ4n) is 7.82. The quantitative estimate of drug-likeness (QED) is 0.0239. The van der Waals surface area contributed by atoms with Crippen molar-refractivity contribution >= 4 is 19.8 Å². The SMILES string of the molecule is CCCCCCCCCCCCCCC(=O)OCC(COP(=O)(O)OC1C(O)C(O)C(O)C(O)C1OC1OC(CO)C(O)C(O)C1O)OC(=O)CCCCCCCCCCCCC. The second-order valence-electron chi connectivity index (χ2n) is 17.3. The maximum absolute atomic E-state index is 13.4. The Morgan fingerprint density at radius 3 is 1.41 bits per heavy atom. The minimum Gasteiger partial charge on any atom is -0.462 e. The summed E-state index contributed by atoms with van der Waals surface area (Å²) in [7, 11) is -5.36. The molecule has 1 aliphatic heterocycles. The van der Waals surface area contributed by atoms with Crippen molar-refractivity contribution in [2.45, 2.75) is 248 Å². The minimum absolute atomic E-state index is 0.0386. The zero-order valence-corrected chi connectivity index (χ0v) is 38.8. The number of aliphatic hydroxyl groups excluding tert-OH is 8. The van der Waals surface area contributed by atoms with Crippen molar-refractivity contribution in [3.8, 4) is 0 Å². The van der Waals surface area contributed by atoms with Gasteiger partial charge in [-0.2, -0.15) is 0 Å². The lowest BCUT2D eigenvalue weighted by Gasteiger charge is -2.47. The molecule has 9 N–H and O–H groups in total. The number of hydrogen-bond donors (Lipinski definition) is 9. The molecule has 1 saturated heterocycles. The van der Waals surface area contributed by atoms with Crippen LogP contribution in [0.5, 0.6) is 0 Å². The standard InChI is InChI=1S/C44H83O18P/c1-3-5-7-9-11-13-15-17-18-20-22-24-26-33(46)57-29-31(59-34(47)27-25-23-21-19-16-14-12-10-8-6-4-2)30-58-63(55,56)62-43-40(53)38(51)37(50)39(52)42(43)61-44-41(54)36(49)35(48)32(28-45)60-44/h31-32,35-45,48-54H,3-30H2,1-2H3,(H,55,56). The summed E-state index contributed by atoms with van der Waals surface area (Å²) in [5, 5.41) is 82.7. The van der Waals surface area contributed by atoms with Crippen LogP contribution in [0.15, 0.2) is 0 Å². The van der Waals surface area contributed by atoms with Gasteiger partial charge in [0.1, 0.15) is 67.6 Å². The summed E-state index contributed by atoms with van der Waals surface area (Å²) >= 11 is 0. The van der Waals surface area contributed by atoms with Crippen molar-refractivity contribution in [2.24, 2.45) is 0 Å². The summed E-state index contributed by atoms with van der Waals surface area (Å²) in [4.78, 5) is 36.4. The third-order valence-corrected chi connectivity index (χ3v) is 12.8. The Bertz CT molecular complexity index is 1250. The third-order valence-electron chi connectivity index (χ3n) is 11.8. The van der Waals surface area contributed by atoms with E-state index in [1.165, 1.54) is 83.5 Å². The largest absolute Gasteiger partial charge is 0.472 e. The van der Waals surface area contributed by atoms with Gasteiger partial charge in [-0.25, -0.2) is 4.57 Å². The smallest absolute Gasteiger partial charge is 0.462 e. The first-order valence-electron chi connectivity index (χ1n) is 23.9. The first-order valence-corrected chi connectivity index (χ1v) is 25.4. The number of esters is 2. The van der Waals surface area contributed by atoms with Crippen LogP contribution in [0.3, 0.4) is 0 Å². The minimum atomic E-state index is -5.36. The lowest BCUT2D eigenvalue weighted by Crippen LogP contribution is -2.67. The van der Waals surface area contributed by atoms with E-state index in [1.807, 2.05) is 0 Å². The number of carbonyl (C=O) groups excluding carboxylic acids is 2. The summed E-state index contributed by atoms with van der Waals surface area (Å²) in [5.74, 6) is -1.21. The Balaban J connectivity index is 1.98. The molecule has 0 aromatic heterocycles. The van der Waals surface area contributed by atoms with Crippen LogP contribution in [0.4, 0.5) is 0 Å². The van der Waals surface area contributed by atoms with Crippen LogP contribution in [-0.4, -0.2) is 151 Å². The summed E-state index contributed by atoms with van der Waals surface area (Å²) in [6, 6.07) is 0. The monoisotopic (exact) mass is 931 g/mol. The van der Waals surface area contributed by atoms with Crippen molar-refractivity contribution in [2.75, 3.05) is 19.8 Å². The van der Waals surface area contributed by atoms with Gasteiger partial charge in [0.25, 0.3) is 0 Å². The molecule has 19 heteroatoms. The van der Waals surface area contributed by atoms with Crippen molar-refractivity contribution < 1.29 is 87.9 Å².